The van der Waals surface area contributed by atoms with E-state index in [0.29, 0.717) is 5.92 Å². The van der Waals surface area contributed by atoms with Crippen LogP contribution < -0.4 is 10.6 Å². The van der Waals surface area contributed by atoms with Crippen LogP contribution >= 0.6 is 0 Å². The summed E-state index contributed by atoms with van der Waals surface area (Å²) in [6.07, 6.45) is 3.38. The van der Waals surface area contributed by atoms with Crippen molar-refractivity contribution in [3.63, 3.8) is 0 Å². The summed E-state index contributed by atoms with van der Waals surface area (Å²) in [4.78, 5) is 11.5. The number of ether oxygens (including phenoxy) is 1. The molecule has 4 nitrogen and oxygen atoms in total. The Morgan fingerprint density at radius 1 is 1.50 bits per heavy atom. The van der Waals surface area contributed by atoms with Gasteiger partial charge in [0.1, 0.15) is 6.61 Å². The highest BCUT2D eigenvalue weighted by atomic mass is 16.5. The Balaban J connectivity index is 2.05. The Bertz CT molecular complexity index is 203. The molecular formula is C12H24N2O2. The maximum atomic E-state index is 11.5. The average Bonchev–Trinajstić information content (AvgIpc) is 2.34. The van der Waals surface area contributed by atoms with Gasteiger partial charge in [0.2, 0.25) is 5.91 Å². The molecule has 0 spiro atoms. The zero-order valence-corrected chi connectivity index (χ0v) is 10.4. The highest BCUT2D eigenvalue weighted by Crippen LogP contribution is 2.06. The SMILES string of the molecule is CCC(C)CNC(=O)COC1CCNCC1. The standard InChI is InChI=1S/C12H24N2O2/c1-3-10(2)8-14-12(15)9-16-11-4-6-13-7-5-11/h10-11,13H,3-9H2,1-2H3,(H,14,15). The van der Waals surface area contributed by atoms with Gasteiger partial charge < -0.3 is 15.4 Å². The second-order valence-corrected chi connectivity index (χ2v) is 4.58. The van der Waals surface area contributed by atoms with Crippen molar-refractivity contribution in [1.29, 1.82) is 0 Å². The van der Waals surface area contributed by atoms with Crippen molar-refractivity contribution in [3.8, 4) is 0 Å². The van der Waals surface area contributed by atoms with E-state index < -0.39 is 0 Å². The van der Waals surface area contributed by atoms with Gasteiger partial charge >= 0.3 is 0 Å². The third kappa shape index (κ3) is 5.47. The number of amides is 1. The molecule has 0 bridgehead atoms. The van der Waals surface area contributed by atoms with Gasteiger partial charge in [-0.15, -0.1) is 0 Å². The summed E-state index contributed by atoms with van der Waals surface area (Å²) >= 11 is 0. The number of hydrogen-bond acceptors (Lipinski definition) is 3. The van der Waals surface area contributed by atoms with E-state index in [2.05, 4.69) is 24.5 Å². The van der Waals surface area contributed by atoms with Crippen LogP contribution in [0.1, 0.15) is 33.1 Å². The maximum Gasteiger partial charge on any atom is 0.246 e. The van der Waals surface area contributed by atoms with Crippen LogP contribution in [0.3, 0.4) is 0 Å². The van der Waals surface area contributed by atoms with E-state index in [9.17, 15) is 4.79 Å². The zero-order valence-electron chi connectivity index (χ0n) is 10.4. The summed E-state index contributed by atoms with van der Waals surface area (Å²) in [6.45, 7) is 7.22. The molecule has 2 N–H and O–H groups in total. The van der Waals surface area contributed by atoms with Crippen LogP contribution in [-0.2, 0) is 9.53 Å². The molecule has 0 aromatic carbocycles. The second-order valence-electron chi connectivity index (χ2n) is 4.58. The molecular weight excluding hydrogens is 204 g/mol. The van der Waals surface area contributed by atoms with Gasteiger partial charge in [-0.2, -0.15) is 0 Å². The summed E-state index contributed by atoms with van der Waals surface area (Å²) in [5.41, 5.74) is 0. The van der Waals surface area contributed by atoms with Crippen molar-refractivity contribution < 1.29 is 9.53 Å². The van der Waals surface area contributed by atoms with Crippen LogP contribution in [0.15, 0.2) is 0 Å². The minimum Gasteiger partial charge on any atom is -0.368 e. The van der Waals surface area contributed by atoms with Crippen LogP contribution in [-0.4, -0.2) is 38.3 Å². The van der Waals surface area contributed by atoms with Gasteiger partial charge in [-0.3, -0.25) is 4.79 Å². The van der Waals surface area contributed by atoms with Crippen LogP contribution in [0.4, 0.5) is 0 Å². The molecule has 1 heterocycles. The summed E-state index contributed by atoms with van der Waals surface area (Å²) in [5, 5.41) is 6.16. The van der Waals surface area contributed by atoms with E-state index in [1.54, 1.807) is 0 Å². The Morgan fingerprint density at radius 3 is 2.81 bits per heavy atom. The first kappa shape index (κ1) is 13.5. The summed E-state index contributed by atoms with van der Waals surface area (Å²) < 4.78 is 5.56. The zero-order chi connectivity index (χ0) is 11.8. The fourth-order valence-electron chi connectivity index (χ4n) is 1.64. The van der Waals surface area contributed by atoms with E-state index in [-0.39, 0.29) is 18.6 Å². The highest BCUT2D eigenvalue weighted by molar-refractivity contribution is 5.77. The number of carbonyl (C=O) groups is 1. The molecule has 1 aliphatic heterocycles. The van der Waals surface area contributed by atoms with Gasteiger partial charge in [0.25, 0.3) is 0 Å². The van der Waals surface area contributed by atoms with E-state index in [0.717, 1.165) is 38.9 Å². The quantitative estimate of drug-likeness (QED) is 0.710. The molecule has 0 radical (unpaired) electrons. The third-order valence-electron chi connectivity index (χ3n) is 3.08. The average molecular weight is 228 g/mol. The van der Waals surface area contributed by atoms with E-state index in [1.807, 2.05) is 0 Å². The Kier molecular flexibility index (Phi) is 6.42. The van der Waals surface area contributed by atoms with Gasteiger partial charge in [-0.25, -0.2) is 0 Å². The summed E-state index contributed by atoms with van der Waals surface area (Å²) in [6, 6.07) is 0. The maximum absolute atomic E-state index is 11.5. The molecule has 4 heteroatoms. The predicted octanol–water partition coefficient (Wildman–Crippen LogP) is 0.917. The molecule has 0 saturated carbocycles. The lowest BCUT2D eigenvalue weighted by Crippen LogP contribution is -2.36. The summed E-state index contributed by atoms with van der Waals surface area (Å²) in [7, 11) is 0. The molecule has 16 heavy (non-hydrogen) atoms. The smallest absolute Gasteiger partial charge is 0.246 e. The van der Waals surface area contributed by atoms with Gasteiger partial charge in [0.15, 0.2) is 0 Å². The van der Waals surface area contributed by atoms with Crippen molar-refractivity contribution in [2.45, 2.75) is 39.2 Å². The molecule has 1 amide bonds. The lowest BCUT2D eigenvalue weighted by Gasteiger charge is -2.22. The summed E-state index contributed by atoms with van der Waals surface area (Å²) in [5.74, 6) is 0.557. The van der Waals surface area contributed by atoms with Gasteiger partial charge in [0, 0.05) is 6.54 Å². The number of rotatable bonds is 6. The second kappa shape index (κ2) is 7.63. The molecule has 0 aliphatic carbocycles. The fraction of sp³-hybridized carbons (Fsp3) is 0.917. The first-order valence-corrected chi connectivity index (χ1v) is 6.31. The fourth-order valence-corrected chi connectivity index (χ4v) is 1.64. The number of hydrogen-bond donors (Lipinski definition) is 2. The number of piperidine rings is 1. The minimum atomic E-state index is 0.0128. The highest BCUT2D eigenvalue weighted by Gasteiger charge is 2.14. The molecule has 94 valence electrons. The third-order valence-corrected chi connectivity index (χ3v) is 3.08. The van der Waals surface area contributed by atoms with Crippen LogP contribution in [0.25, 0.3) is 0 Å². The molecule has 1 aliphatic rings. The minimum absolute atomic E-state index is 0.0128. The molecule has 1 rings (SSSR count). The van der Waals surface area contributed by atoms with E-state index >= 15 is 0 Å². The van der Waals surface area contributed by atoms with Crippen LogP contribution in [0, 0.1) is 5.92 Å². The van der Waals surface area contributed by atoms with Crippen LogP contribution in [0.2, 0.25) is 0 Å². The van der Waals surface area contributed by atoms with Crippen molar-refractivity contribution >= 4 is 5.91 Å². The Labute approximate surface area is 98.1 Å². The molecule has 1 fully saturated rings. The van der Waals surface area contributed by atoms with Crippen molar-refractivity contribution in [3.05, 3.63) is 0 Å². The number of nitrogens with one attached hydrogen (secondary N) is 2. The first-order valence-electron chi connectivity index (χ1n) is 6.31. The first-order chi connectivity index (χ1) is 7.72. The van der Waals surface area contributed by atoms with Crippen molar-refractivity contribution in [2.75, 3.05) is 26.2 Å². The topological polar surface area (TPSA) is 50.4 Å². The Morgan fingerprint density at radius 2 is 2.19 bits per heavy atom. The van der Waals surface area contributed by atoms with Crippen LogP contribution in [0.5, 0.6) is 0 Å². The molecule has 1 atom stereocenters. The molecule has 1 unspecified atom stereocenters. The Hall–Kier alpha value is -0.610. The van der Waals surface area contributed by atoms with Crippen molar-refractivity contribution in [2.24, 2.45) is 5.92 Å². The van der Waals surface area contributed by atoms with Crippen molar-refractivity contribution in [1.82, 2.24) is 10.6 Å². The largest absolute Gasteiger partial charge is 0.368 e. The van der Waals surface area contributed by atoms with Gasteiger partial charge in [-0.1, -0.05) is 20.3 Å². The van der Waals surface area contributed by atoms with E-state index in [1.165, 1.54) is 0 Å². The van der Waals surface area contributed by atoms with E-state index in [4.69, 9.17) is 4.74 Å². The van der Waals surface area contributed by atoms with Gasteiger partial charge in [0.05, 0.1) is 6.10 Å². The van der Waals surface area contributed by atoms with Gasteiger partial charge in [-0.05, 0) is 31.8 Å². The normalized spacial score (nSPS) is 19.4. The monoisotopic (exact) mass is 228 g/mol. The lowest BCUT2D eigenvalue weighted by atomic mass is 10.1. The molecule has 0 aromatic rings. The molecule has 1 saturated heterocycles. The molecule has 0 aromatic heterocycles. The lowest BCUT2D eigenvalue weighted by molar-refractivity contribution is -0.128. The predicted molar refractivity (Wildman–Crippen MR) is 64.3 cm³/mol. The number of carbonyl (C=O) groups excluding carboxylic acids is 1.